The summed E-state index contributed by atoms with van der Waals surface area (Å²) in [4.78, 5) is 32.4. The van der Waals surface area contributed by atoms with Crippen LogP contribution in [0.2, 0.25) is 0 Å². The van der Waals surface area contributed by atoms with Crippen molar-refractivity contribution in [2.75, 3.05) is 11.1 Å². The van der Waals surface area contributed by atoms with Gasteiger partial charge in [-0.2, -0.15) is 0 Å². The first-order valence-corrected chi connectivity index (χ1v) is 15.4. The number of nitrogens with zero attached hydrogens (tertiary/aromatic N) is 2. The van der Waals surface area contributed by atoms with Crippen LogP contribution in [0.3, 0.4) is 0 Å². The molecule has 1 saturated heterocycles. The lowest BCUT2D eigenvalue weighted by Gasteiger charge is -2.28. The van der Waals surface area contributed by atoms with E-state index in [0.29, 0.717) is 17.0 Å². The molecule has 0 radical (unpaired) electrons. The predicted octanol–water partition coefficient (Wildman–Crippen LogP) is 4.90. The van der Waals surface area contributed by atoms with Gasteiger partial charge in [0.2, 0.25) is 5.91 Å². The Bertz CT molecular complexity index is 1590. The molecule has 2 heterocycles. The second-order valence-electron chi connectivity index (χ2n) is 9.32. The number of nitrogens with two attached hydrogens (primary N) is 1. The number of pyridine rings is 1. The summed E-state index contributed by atoms with van der Waals surface area (Å²) in [5, 5.41) is 1.15. The van der Waals surface area contributed by atoms with Crippen molar-refractivity contribution in [3.63, 3.8) is 0 Å². The van der Waals surface area contributed by atoms with E-state index >= 15 is 0 Å². The molecule has 0 bridgehead atoms. The summed E-state index contributed by atoms with van der Waals surface area (Å²) in [5.74, 6) is -0.0305. The first-order chi connectivity index (χ1) is 19.8. The van der Waals surface area contributed by atoms with E-state index < -0.39 is 32.7 Å². The maximum absolute atomic E-state index is 13.4. The maximum Gasteiger partial charge on any atom is 0.412 e. The molecule has 3 N–H and O–H groups in total. The Morgan fingerprint density at radius 3 is 2.24 bits per heavy atom. The van der Waals surface area contributed by atoms with Crippen molar-refractivity contribution in [2.24, 2.45) is 5.73 Å². The van der Waals surface area contributed by atoms with Gasteiger partial charge in [0.25, 0.3) is 0 Å². The summed E-state index contributed by atoms with van der Waals surface area (Å²) in [6.45, 7) is 0.0752. The lowest BCUT2D eigenvalue weighted by molar-refractivity contribution is -0.120. The zero-order chi connectivity index (χ0) is 28.8. The summed E-state index contributed by atoms with van der Waals surface area (Å²) in [6, 6.07) is 26.4. The van der Waals surface area contributed by atoms with Gasteiger partial charge in [-0.05, 0) is 53.1 Å². The molecule has 1 fully saturated rings. The van der Waals surface area contributed by atoms with E-state index in [0.717, 1.165) is 11.1 Å². The Kier molecular flexibility index (Phi) is 8.67. The van der Waals surface area contributed by atoms with Gasteiger partial charge >= 0.3 is 6.09 Å². The first kappa shape index (κ1) is 28.3. The van der Waals surface area contributed by atoms with Gasteiger partial charge in [-0.25, -0.2) is 13.2 Å². The van der Waals surface area contributed by atoms with Gasteiger partial charge in [-0.1, -0.05) is 60.7 Å². The SMILES string of the molecule is NC(c1ccc(NC(=O)C2CSC(c3ccncc3)N2C(=O)OCc2ccccc2)cc1)S(=O)(=O)c1ccccc1. The van der Waals surface area contributed by atoms with Gasteiger partial charge in [0.15, 0.2) is 9.84 Å². The molecule has 0 spiro atoms. The molecule has 9 nitrogen and oxygen atoms in total. The van der Waals surface area contributed by atoms with Crippen molar-refractivity contribution < 1.29 is 22.7 Å². The third-order valence-corrected chi connectivity index (χ3v) is 9.82. The number of anilines is 1. The third kappa shape index (κ3) is 6.43. The van der Waals surface area contributed by atoms with Crippen LogP contribution in [0, 0.1) is 0 Å². The number of hydrogen-bond donors (Lipinski definition) is 2. The van der Waals surface area contributed by atoms with E-state index in [-0.39, 0.29) is 17.4 Å². The summed E-state index contributed by atoms with van der Waals surface area (Å²) in [5.41, 5.74) is 8.60. The molecule has 210 valence electrons. The quantitative estimate of drug-likeness (QED) is 0.297. The van der Waals surface area contributed by atoms with Gasteiger partial charge in [0.1, 0.15) is 23.4 Å². The number of benzene rings is 3. The van der Waals surface area contributed by atoms with Crippen LogP contribution in [0.4, 0.5) is 10.5 Å². The van der Waals surface area contributed by atoms with Gasteiger partial charge < -0.3 is 15.8 Å². The standard InChI is InChI=1S/C30H28N4O5S2/c31-27(41(37,38)25-9-5-2-6-10-25)22-11-13-24(14-12-22)33-28(35)26-20-40-29(23-15-17-32-18-16-23)34(26)30(36)39-19-21-7-3-1-4-8-21/h1-18,26-27,29H,19-20,31H2,(H,33,35). The van der Waals surface area contributed by atoms with Crippen LogP contribution >= 0.6 is 11.8 Å². The van der Waals surface area contributed by atoms with Crippen LogP contribution in [-0.4, -0.2) is 42.1 Å². The minimum Gasteiger partial charge on any atom is -0.444 e. The fourth-order valence-corrected chi connectivity index (χ4v) is 7.19. The Balaban J connectivity index is 1.31. The molecular formula is C30H28N4O5S2. The molecule has 5 rings (SSSR count). The molecule has 0 saturated carbocycles. The Morgan fingerprint density at radius 1 is 0.951 bits per heavy atom. The van der Waals surface area contributed by atoms with Crippen molar-refractivity contribution in [3.05, 3.63) is 126 Å². The molecular weight excluding hydrogens is 560 g/mol. The van der Waals surface area contributed by atoms with Crippen molar-refractivity contribution in [1.82, 2.24) is 9.88 Å². The van der Waals surface area contributed by atoms with Gasteiger partial charge in [0.05, 0.1) is 4.90 Å². The van der Waals surface area contributed by atoms with Crippen LogP contribution in [0.25, 0.3) is 0 Å². The number of rotatable bonds is 8. The summed E-state index contributed by atoms with van der Waals surface area (Å²) in [7, 11) is -3.79. The van der Waals surface area contributed by atoms with Gasteiger partial charge in [-0.3, -0.25) is 14.7 Å². The average Bonchev–Trinajstić information content (AvgIpc) is 3.47. The monoisotopic (exact) mass is 588 g/mol. The van der Waals surface area contributed by atoms with Gasteiger partial charge in [0, 0.05) is 23.8 Å². The molecule has 2 amide bonds. The summed E-state index contributed by atoms with van der Waals surface area (Å²) in [6.07, 6.45) is 2.68. The molecule has 3 aromatic carbocycles. The topological polar surface area (TPSA) is 132 Å². The molecule has 41 heavy (non-hydrogen) atoms. The van der Waals surface area contributed by atoms with E-state index in [1.54, 1.807) is 67.0 Å². The normalized spacial score (nSPS) is 17.5. The van der Waals surface area contributed by atoms with E-state index in [9.17, 15) is 18.0 Å². The number of hydrogen-bond acceptors (Lipinski definition) is 8. The number of sulfone groups is 1. The van der Waals surface area contributed by atoms with Crippen molar-refractivity contribution in [3.8, 4) is 0 Å². The Hall–Kier alpha value is -4.19. The number of nitrogens with one attached hydrogen (secondary N) is 1. The molecule has 1 aliphatic rings. The molecule has 4 aromatic rings. The van der Waals surface area contributed by atoms with E-state index in [4.69, 9.17) is 10.5 Å². The highest BCUT2D eigenvalue weighted by Crippen LogP contribution is 2.42. The third-order valence-electron chi connectivity index (χ3n) is 6.62. The fraction of sp³-hybridized carbons (Fsp3) is 0.167. The molecule has 1 aromatic heterocycles. The number of ether oxygens (including phenoxy) is 1. The van der Waals surface area contributed by atoms with Crippen LogP contribution < -0.4 is 11.1 Å². The largest absolute Gasteiger partial charge is 0.444 e. The lowest BCUT2D eigenvalue weighted by atomic mass is 10.2. The summed E-state index contributed by atoms with van der Waals surface area (Å²) >= 11 is 1.46. The number of amides is 2. The second kappa shape index (κ2) is 12.5. The van der Waals surface area contributed by atoms with E-state index in [1.165, 1.54) is 28.8 Å². The minimum atomic E-state index is -3.79. The lowest BCUT2D eigenvalue weighted by Crippen LogP contribution is -2.45. The van der Waals surface area contributed by atoms with Crippen LogP contribution in [-0.2, 0) is 26.0 Å². The van der Waals surface area contributed by atoms with Crippen LogP contribution in [0.15, 0.2) is 114 Å². The molecule has 0 aliphatic carbocycles. The van der Waals surface area contributed by atoms with Crippen molar-refractivity contribution in [2.45, 2.75) is 28.3 Å². The predicted molar refractivity (Wildman–Crippen MR) is 157 cm³/mol. The van der Waals surface area contributed by atoms with E-state index in [2.05, 4.69) is 10.3 Å². The average molecular weight is 589 g/mol. The summed E-state index contributed by atoms with van der Waals surface area (Å²) < 4.78 is 31.4. The van der Waals surface area contributed by atoms with Crippen LogP contribution in [0.5, 0.6) is 0 Å². The second-order valence-corrected chi connectivity index (χ2v) is 12.5. The molecule has 3 atom stereocenters. The number of carbonyl (C=O) groups excluding carboxylic acids is 2. The zero-order valence-electron chi connectivity index (χ0n) is 21.9. The molecule has 1 aliphatic heterocycles. The highest BCUT2D eigenvalue weighted by molar-refractivity contribution is 7.99. The molecule has 3 unspecified atom stereocenters. The maximum atomic E-state index is 13.4. The fourth-order valence-electron chi connectivity index (χ4n) is 4.43. The minimum absolute atomic E-state index is 0.0752. The number of aromatic nitrogens is 1. The van der Waals surface area contributed by atoms with Crippen molar-refractivity contribution in [1.29, 1.82) is 0 Å². The zero-order valence-corrected chi connectivity index (χ0v) is 23.5. The highest BCUT2D eigenvalue weighted by atomic mass is 32.2. The number of thioether (sulfide) groups is 1. The van der Waals surface area contributed by atoms with Crippen molar-refractivity contribution >= 4 is 39.3 Å². The van der Waals surface area contributed by atoms with Gasteiger partial charge in [-0.15, -0.1) is 11.8 Å². The van der Waals surface area contributed by atoms with Crippen LogP contribution in [0.1, 0.15) is 27.4 Å². The highest BCUT2D eigenvalue weighted by Gasteiger charge is 2.43. The first-order valence-electron chi connectivity index (χ1n) is 12.8. The Morgan fingerprint density at radius 2 is 1.59 bits per heavy atom. The molecule has 11 heteroatoms. The smallest absolute Gasteiger partial charge is 0.412 e. The Labute approximate surface area is 242 Å². The number of carbonyl (C=O) groups is 2. The van der Waals surface area contributed by atoms with E-state index in [1.807, 2.05) is 30.3 Å².